The Kier molecular flexibility index (Phi) is 4.60. The second-order valence-electron chi connectivity index (χ2n) is 5.72. The summed E-state index contributed by atoms with van der Waals surface area (Å²) in [6.07, 6.45) is 2.18. The minimum Gasteiger partial charge on any atom is -0.463 e. The van der Waals surface area contributed by atoms with E-state index in [0.717, 1.165) is 24.1 Å². The van der Waals surface area contributed by atoms with Crippen molar-refractivity contribution in [1.82, 2.24) is 10.2 Å². The van der Waals surface area contributed by atoms with Gasteiger partial charge in [0.05, 0.1) is 18.2 Å². The van der Waals surface area contributed by atoms with Gasteiger partial charge in [-0.3, -0.25) is 0 Å². The Labute approximate surface area is 146 Å². The summed E-state index contributed by atoms with van der Waals surface area (Å²) < 4.78 is 5.28. The normalized spacial score (nSPS) is 21.3. The molecule has 4 nitrogen and oxygen atoms in total. The Bertz CT molecular complexity index is 685. The molecule has 2 aliphatic rings. The first-order valence-corrected chi connectivity index (χ1v) is 8.55. The van der Waals surface area contributed by atoms with Gasteiger partial charge in [-0.2, -0.15) is 0 Å². The van der Waals surface area contributed by atoms with Crippen LogP contribution in [-0.2, 0) is 9.53 Å². The predicted octanol–water partition coefficient (Wildman–Crippen LogP) is 3.57. The molecule has 0 unspecified atom stereocenters. The highest BCUT2D eigenvalue weighted by Crippen LogP contribution is 2.39. The van der Waals surface area contributed by atoms with Crippen molar-refractivity contribution in [3.05, 3.63) is 46.1 Å². The van der Waals surface area contributed by atoms with E-state index >= 15 is 0 Å². The average Bonchev–Trinajstić information content (AvgIpc) is 3.32. The Hall–Kier alpha value is -1.59. The number of carbonyl (C=O) groups is 1. The topological polar surface area (TPSA) is 41.6 Å². The van der Waals surface area contributed by atoms with Crippen molar-refractivity contribution in [3.8, 4) is 0 Å². The molecule has 23 heavy (non-hydrogen) atoms. The maximum Gasteiger partial charge on any atom is 0.338 e. The number of hydrogen-bond acceptors (Lipinski definition) is 3. The zero-order valence-electron chi connectivity index (χ0n) is 13.1. The monoisotopic (exact) mass is 350 g/mol. The molecule has 1 saturated carbocycles. The van der Waals surface area contributed by atoms with Crippen molar-refractivity contribution in [2.75, 3.05) is 6.61 Å². The highest BCUT2D eigenvalue weighted by atomic mass is 35.5. The van der Waals surface area contributed by atoms with Gasteiger partial charge in [0, 0.05) is 16.8 Å². The lowest BCUT2D eigenvalue weighted by molar-refractivity contribution is -0.139. The minimum absolute atomic E-state index is 0.324. The maximum absolute atomic E-state index is 12.6. The van der Waals surface area contributed by atoms with Crippen LogP contribution in [0.2, 0.25) is 5.02 Å². The van der Waals surface area contributed by atoms with Crippen LogP contribution in [0.5, 0.6) is 0 Å². The van der Waals surface area contributed by atoms with E-state index in [9.17, 15) is 4.79 Å². The van der Waals surface area contributed by atoms with Crippen molar-refractivity contribution >= 4 is 34.9 Å². The molecule has 1 N–H and O–H groups in total. The van der Waals surface area contributed by atoms with Crippen molar-refractivity contribution in [2.24, 2.45) is 0 Å². The van der Waals surface area contributed by atoms with Gasteiger partial charge >= 0.3 is 5.97 Å². The Morgan fingerprint density at radius 3 is 2.74 bits per heavy atom. The Balaban J connectivity index is 2.08. The first kappa shape index (κ1) is 16.3. The quantitative estimate of drug-likeness (QED) is 0.664. The van der Waals surface area contributed by atoms with Crippen LogP contribution in [0.15, 0.2) is 35.5 Å². The number of ether oxygens (including phenoxy) is 1. The van der Waals surface area contributed by atoms with Crippen molar-refractivity contribution < 1.29 is 9.53 Å². The molecule has 1 aromatic carbocycles. The van der Waals surface area contributed by atoms with Gasteiger partial charge in [-0.15, -0.1) is 0 Å². The highest BCUT2D eigenvalue weighted by molar-refractivity contribution is 7.80. The fraction of sp³-hybridized carbons (Fsp3) is 0.412. The molecule has 1 heterocycles. The lowest BCUT2D eigenvalue weighted by Crippen LogP contribution is -2.48. The molecule has 3 rings (SSSR count). The molecule has 0 spiro atoms. The molecule has 122 valence electrons. The number of halogens is 1. The van der Waals surface area contributed by atoms with E-state index in [1.54, 1.807) is 6.92 Å². The summed E-state index contributed by atoms with van der Waals surface area (Å²) in [6, 6.07) is 7.48. The number of hydrogen-bond donors (Lipinski definition) is 1. The van der Waals surface area contributed by atoms with Crippen molar-refractivity contribution in [2.45, 2.75) is 38.8 Å². The van der Waals surface area contributed by atoms with E-state index < -0.39 is 0 Å². The van der Waals surface area contributed by atoms with Crippen molar-refractivity contribution in [3.63, 3.8) is 0 Å². The summed E-state index contributed by atoms with van der Waals surface area (Å²) >= 11 is 11.9. The van der Waals surface area contributed by atoms with E-state index in [1.807, 2.05) is 36.1 Å². The van der Waals surface area contributed by atoms with Gasteiger partial charge in [0.1, 0.15) is 0 Å². The van der Waals surface area contributed by atoms with E-state index in [2.05, 4.69) is 5.32 Å². The van der Waals surface area contributed by atoms with Gasteiger partial charge in [-0.1, -0.05) is 29.8 Å². The highest BCUT2D eigenvalue weighted by Gasteiger charge is 2.41. The maximum atomic E-state index is 12.6. The zero-order chi connectivity index (χ0) is 16.6. The lowest BCUT2D eigenvalue weighted by Gasteiger charge is -2.38. The fourth-order valence-electron chi connectivity index (χ4n) is 2.95. The Morgan fingerprint density at radius 2 is 2.13 bits per heavy atom. The predicted molar refractivity (Wildman–Crippen MR) is 94.1 cm³/mol. The van der Waals surface area contributed by atoms with Gasteiger partial charge in [-0.25, -0.2) is 4.79 Å². The molecule has 1 aliphatic heterocycles. The molecule has 0 aromatic heterocycles. The third kappa shape index (κ3) is 3.08. The number of rotatable bonds is 4. The number of thiocarbonyl (C=S) groups is 1. The van der Waals surface area contributed by atoms with Crippen LogP contribution in [-0.4, -0.2) is 28.6 Å². The number of nitrogens with one attached hydrogen (secondary N) is 1. The molecule has 6 heteroatoms. The Morgan fingerprint density at radius 1 is 1.43 bits per heavy atom. The van der Waals surface area contributed by atoms with Crippen LogP contribution in [0.1, 0.15) is 38.3 Å². The number of esters is 1. The molecule has 0 amide bonds. The summed E-state index contributed by atoms with van der Waals surface area (Å²) in [5.74, 6) is -0.324. The number of allylic oxidation sites excluding steroid dienone is 1. The summed E-state index contributed by atoms with van der Waals surface area (Å²) in [5, 5.41) is 4.52. The third-order valence-electron chi connectivity index (χ3n) is 4.15. The van der Waals surface area contributed by atoms with Crippen LogP contribution in [0.3, 0.4) is 0 Å². The summed E-state index contributed by atoms with van der Waals surface area (Å²) in [5.41, 5.74) is 2.27. The van der Waals surface area contributed by atoms with Crippen LogP contribution in [0.25, 0.3) is 0 Å². The molecule has 1 atom stereocenters. The van der Waals surface area contributed by atoms with Gasteiger partial charge in [0.2, 0.25) is 0 Å². The lowest BCUT2D eigenvalue weighted by atomic mass is 9.95. The largest absolute Gasteiger partial charge is 0.463 e. The zero-order valence-corrected chi connectivity index (χ0v) is 14.7. The molecule has 1 fully saturated rings. The number of benzene rings is 1. The molecular weight excluding hydrogens is 332 g/mol. The fourth-order valence-corrected chi connectivity index (χ4v) is 3.59. The van der Waals surface area contributed by atoms with E-state index in [0.29, 0.717) is 28.4 Å². The van der Waals surface area contributed by atoms with Crippen LogP contribution < -0.4 is 5.32 Å². The molecular formula is C17H19ClN2O2S. The van der Waals surface area contributed by atoms with E-state index in [-0.39, 0.29) is 12.0 Å². The number of carbonyl (C=O) groups excluding carboxylic acids is 1. The number of nitrogens with zero attached hydrogens (tertiary/aromatic N) is 1. The van der Waals surface area contributed by atoms with Crippen molar-refractivity contribution in [1.29, 1.82) is 0 Å². The first-order chi connectivity index (χ1) is 11.0. The van der Waals surface area contributed by atoms with E-state index in [4.69, 9.17) is 28.6 Å². The van der Waals surface area contributed by atoms with Gasteiger partial charge in [0.25, 0.3) is 0 Å². The van der Waals surface area contributed by atoms with E-state index in [1.165, 1.54) is 0 Å². The average molecular weight is 351 g/mol. The standard InChI is InChI=1S/C17H19ClN2O2S/c1-3-22-16(21)14-10(2)20(11-8-9-11)17(23)19-15(14)12-6-4-5-7-13(12)18/h4-7,11,15H,3,8-9H2,1-2H3,(H,19,23)/t15-/m1/s1. The SMILES string of the molecule is CCOC(=O)C1=C(C)N(C2CC2)C(=S)N[C@@H]1c1ccccc1Cl. The van der Waals surface area contributed by atoms with Crippen LogP contribution in [0, 0.1) is 0 Å². The van der Waals surface area contributed by atoms with Gasteiger partial charge in [-0.05, 0) is 50.5 Å². The minimum atomic E-state index is -0.384. The third-order valence-corrected chi connectivity index (χ3v) is 4.81. The smallest absolute Gasteiger partial charge is 0.338 e. The summed E-state index contributed by atoms with van der Waals surface area (Å²) in [4.78, 5) is 14.6. The second-order valence-corrected chi connectivity index (χ2v) is 6.52. The molecule has 1 aromatic rings. The van der Waals surface area contributed by atoms with Crippen LogP contribution in [0.4, 0.5) is 0 Å². The van der Waals surface area contributed by atoms with Gasteiger partial charge < -0.3 is 15.0 Å². The second kappa shape index (κ2) is 6.49. The molecule has 0 bridgehead atoms. The first-order valence-electron chi connectivity index (χ1n) is 7.76. The summed E-state index contributed by atoms with van der Waals surface area (Å²) in [6.45, 7) is 4.07. The van der Waals surface area contributed by atoms with Crippen LogP contribution >= 0.6 is 23.8 Å². The molecule has 0 saturated heterocycles. The molecule has 1 aliphatic carbocycles. The van der Waals surface area contributed by atoms with Gasteiger partial charge in [0.15, 0.2) is 5.11 Å². The molecule has 0 radical (unpaired) electrons. The summed E-state index contributed by atoms with van der Waals surface area (Å²) in [7, 11) is 0.